The number of benzene rings is 2. The van der Waals surface area contributed by atoms with E-state index in [1.165, 1.54) is 0 Å². The van der Waals surface area contributed by atoms with Gasteiger partial charge in [-0.2, -0.15) is 10.4 Å². The van der Waals surface area contributed by atoms with Crippen LogP contribution in [0.1, 0.15) is 65.2 Å². The highest BCUT2D eigenvalue weighted by Crippen LogP contribution is 2.48. The molecule has 2 aromatic carbocycles. The van der Waals surface area contributed by atoms with E-state index >= 15 is 0 Å². The van der Waals surface area contributed by atoms with Crippen molar-refractivity contribution in [2.24, 2.45) is 0 Å². The van der Waals surface area contributed by atoms with Crippen LogP contribution >= 0.6 is 0 Å². The van der Waals surface area contributed by atoms with Crippen molar-refractivity contribution in [1.82, 2.24) is 14.7 Å². The number of fused-ring (bicyclic) bond motifs is 2. The zero-order valence-electron chi connectivity index (χ0n) is 19.0. The van der Waals surface area contributed by atoms with Crippen molar-refractivity contribution in [2.75, 3.05) is 6.54 Å². The summed E-state index contributed by atoms with van der Waals surface area (Å²) in [5.41, 5.74) is 6.82. The van der Waals surface area contributed by atoms with E-state index in [0.29, 0.717) is 43.1 Å². The standard InChI is InChI=1S/C27H25FN4O2/c1-15(33)31-8-7-24-23(14-31)26(18-4-2-3-16(9-18)13-29)30-32(24)27-22-11-19(28)10-20(17-5-6-17)21(22)12-25(27)34/h2-4,9-11,17,25,27,34H,5-8,12,14H2,1H3/t25-,27?/m1/s1. The second kappa shape index (κ2) is 7.78. The van der Waals surface area contributed by atoms with Gasteiger partial charge in [-0.3, -0.25) is 9.48 Å². The molecule has 6 nitrogen and oxygen atoms in total. The molecule has 0 saturated heterocycles. The zero-order chi connectivity index (χ0) is 23.6. The van der Waals surface area contributed by atoms with Crippen molar-refractivity contribution in [3.05, 3.63) is 75.7 Å². The number of rotatable bonds is 3. The fraction of sp³-hybridized carbons (Fsp3) is 0.370. The van der Waals surface area contributed by atoms with Crippen molar-refractivity contribution in [3.63, 3.8) is 0 Å². The van der Waals surface area contributed by atoms with Crippen LogP contribution in [-0.2, 0) is 24.2 Å². The van der Waals surface area contributed by atoms with Gasteiger partial charge in [-0.1, -0.05) is 12.1 Å². The van der Waals surface area contributed by atoms with Gasteiger partial charge < -0.3 is 10.0 Å². The van der Waals surface area contributed by atoms with Crippen molar-refractivity contribution in [1.29, 1.82) is 5.26 Å². The van der Waals surface area contributed by atoms with Crippen LogP contribution in [-0.4, -0.2) is 38.3 Å². The molecule has 7 heteroatoms. The Kier molecular flexibility index (Phi) is 4.82. The number of aromatic nitrogens is 2. The third-order valence-electron chi connectivity index (χ3n) is 7.46. The summed E-state index contributed by atoms with van der Waals surface area (Å²) in [4.78, 5) is 13.9. The van der Waals surface area contributed by atoms with Crippen LogP contribution in [0.4, 0.5) is 4.39 Å². The highest BCUT2D eigenvalue weighted by Gasteiger charge is 2.40. The van der Waals surface area contributed by atoms with E-state index in [4.69, 9.17) is 5.10 Å². The highest BCUT2D eigenvalue weighted by atomic mass is 19.1. The largest absolute Gasteiger partial charge is 0.390 e. The average molecular weight is 457 g/mol. The predicted octanol–water partition coefficient (Wildman–Crippen LogP) is 3.85. The van der Waals surface area contributed by atoms with E-state index in [-0.39, 0.29) is 11.7 Å². The topological polar surface area (TPSA) is 82.2 Å². The van der Waals surface area contributed by atoms with Crippen LogP contribution in [0, 0.1) is 17.1 Å². The molecule has 6 rings (SSSR count). The Morgan fingerprint density at radius 2 is 2.00 bits per heavy atom. The maximum atomic E-state index is 14.7. The van der Waals surface area contributed by atoms with Gasteiger partial charge in [-0.05, 0) is 59.7 Å². The predicted molar refractivity (Wildman–Crippen MR) is 123 cm³/mol. The summed E-state index contributed by atoms with van der Waals surface area (Å²) >= 11 is 0. The lowest BCUT2D eigenvalue weighted by atomic mass is 9.97. The van der Waals surface area contributed by atoms with Gasteiger partial charge in [0.05, 0.1) is 23.4 Å². The Hall–Kier alpha value is -3.50. The van der Waals surface area contributed by atoms with Gasteiger partial charge in [0.25, 0.3) is 0 Å². The van der Waals surface area contributed by atoms with Gasteiger partial charge in [0, 0.05) is 49.7 Å². The molecule has 34 heavy (non-hydrogen) atoms. The molecule has 2 heterocycles. The summed E-state index contributed by atoms with van der Waals surface area (Å²) in [6, 6.07) is 12.1. The lowest BCUT2D eigenvalue weighted by molar-refractivity contribution is -0.129. The molecule has 0 spiro atoms. The van der Waals surface area contributed by atoms with E-state index < -0.39 is 12.1 Å². The van der Waals surface area contributed by atoms with Crippen LogP contribution in [0.5, 0.6) is 0 Å². The molecule has 1 aromatic heterocycles. The number of hydrogen-bond donors (Lipinski definition) is 1. The molecular weight excluding hydrogens is 431 g/mol. The molecule has 0 bridgehead atoms. The fourth-order valence-corrected chi connectivity index (χ4v) is 5.67. The molecule has 1 N–H and O–H groups in total. The zero-order valence-corrected chi connectivity index (χ0v) is 19.0. The Balaban J connectivity index is 1.52. The molecule has 1 fully saturated rings. The SMILES string of the molecule is CC(=O)N1CCc2c(c(-c3cccc(C#N)c3)nn2C2c3cc(F)cc(C4CC4)c3C[C@H]2O)C1. The number of hydrogen-bond acceptors (Lipinski definition) is 4. The number of nitriles is 1. The normalized spacial score (nSPS) is 21.2. The van der Waals surface area contributed by atoms with Gasteiger partial charge in [0.2, 0.25) is 5.91 Å². The van der Waals surface area contributed by atoms with Crippen LogP contribution in [0.2, 0.25) is 0 Å². The quantitative estimate of drug-likeness (QED) is 0.649. The molecule has 172 valence electrons. The molecule has 3 aromatic rings. The number of amides is 1. The number of carbonyl (C=O) groups excluding carboxylic acids is 1. The fourth-order valence-electron chi connectivity index (χ4n) is 5.67. The van der Waals surface area contributed by atoms with Crippen molar-refractivity contribution < 1.29 is 14.3 Å². The molecule has 2 atom stereocenters. The summed E-state index contributed by atoms with van der Waals surface area (Å²) in [5, 5.41) is 25.6. The first-order chi connectivity index (χ1) is 16.4. The molecule has 1 amide bonds. The summed E-state index contributed by atoms with van der Waals surface area (Å²) in [6.07, 6.45) is 2.51. The second-order valence-electron chi connectivity index (χ2n) is 9.65. The maximum absolute atomic E-state index is 14.7. The van der Waals surface area contributed by atoms with Crippen LogP contribution < -0.4 is 0 Å². The number of halogens is 1. The maximum Gasteiger partial charge on any atom is 0.219 e. The van der Waals surface area contributed by atoms with E-state index in [2.05, 4.69) is 6.07 Å². The smallest absolute Gasteiger partial charge is 0.219 e. The first kappa shape index (κ1) is 21.1. The molecule has 0 radical (unpaired) electrons. The highest BCUT2D eigenvalue weighted by molar-refractivity contribution is 5.75. The van der Waals surface area contributed by atoms with Gasteiger partial charge in [0.15, 0.2) is 0 Å². The van der Waals surface area contributed by atoms with Gasteiger partial charge in [0.1, 0.15) is 11.9 Å². The number of aliphatic hydroxyl groups is 1. The molecule has 1 aliphatic heterocycles. The minimum Gasteiger partial charge on any atom is -0.390 e. The Morgan fingerprint density at radius 1 is 1.21 bits per heavy atom. The number of carbonyl (C=O) groups is 1. The minimum absolute atomic E-state index is 0.00230. The third kappa shape index (κ3) is 3.33. The van der Waals surface area contributed by atoms with Gasteiger partial charge >= 0.3 is 0 Å². The van der Waals surface area contributed by atoms with Crippen LogP contribution in [0.15, 0.2) is 36.4 Å². The van der Waals surface area contributed by atoms with Crippen molar-refractivity contribution in [3.8, 4) is 17.3 Å². The summed E-state index contributed by atoms with van der Waals surface area (Å²) in [5.74, 6) is 0.110. The molecule has 3 aliphatic rings. The number of nitrogens with zero attached hydrogens (tertiary/aromatic N) is 4. The number of aliphatic hydroxyl groups excluding tert-OH is 1. The Labute approximate surface area is 197 Å². The average Bonchev–Trinajstić information content (AvgIpc) is 3.54. The van der Waals surface area contributed by atoms with Gasteiger partial charge in [-0.15, -0.1) is 0 Å². The lowest BCUT2D eigenvalue weighted by Crippen LogP contribution is -2.35. The lowest BCUT2D eigenvalue weighted by Gasteiger charge is -2.28. The van der Waals surface area contributed by atoms with E-state index in [1.807, 2.05) is 16.8 Å². The van der Waals surface area contributed by atoms with Crippen molar-refractivity contribution in [2.45, 2.75) is 57.2 Å². The van der Waals surface area contributed by atoms with E-state index in [0.717, 1.165) is 46.4 Å². The summed E-state index contributed by atoms with van der Waals surface area (Å²) in [7, 11) is 0. The first-order valence-electron chi connectivity index (χ1n) is 11.8. The summed E-state index contributed by atoms with van der Waals surface area (Å²) < 4.78 is 16.5. The summed E-state index contributed by atoms with van der Waals surface area (Å²) in [6.45, 7) is 2.55. The molecule has 1 unspecified atom stereocenters. The van der Waals surface area contributed by atoms with Crippen LogP contribution in [0.3, 0.4) is 0 Å². The second-order valence-corrected chi connectivity index (χ2v) is 9.65. The van der Waals surface area contributed by atoms with Crippen LogP contribution in [0.25, 0.3) is 11.3 Å². The molecule has 2 aliphatic carbocycles. The van der Waals surface area contributed by atoms with Crippen molar-refractivity contribution >= 4 is 5.91 Å². The first-order valence-corrected chi connectivity index (χ1v) is 11.8. The minimum atomic E-state index is -0.706. The van der Waals surface area contributed by atoms with E-state index in [1.54, 1.807) is 36.1 Å². The monoisotopic (exact) mass is 456 g/mol. The molecular formula is C27H25FN4O2. The van der Waals surface area contributed by atoms with Gasteiger partial charge in [-0.25, -0.2) is 4.39 Å². The molecule has 1 saturated carbocycles. The Bertz CT molecular complexity index is 1370. The third-order valence-corrected chi connectivity index (χ3v) is 7.46. The van der Waals surface area contributed by atoms with E-state index in [9.17, 15) is 19.6 Å². The Morgan fingerprint density at radius 3 is 2.74 bits per heavy atom.